The van der Waals surface area contributed by atoms with Crippen molar-refractivity contribution in [2.75, 3.05) is 5.75 Å². The third kappa shape index (κ3) is 7.43. The summed E-state index contributed by atoms with van der Waals surface area (Å²) in [5, 5.41) is 2.86. The zero-order chi connectivity index (χ0) is 19.6. The van der Waals surface area contributed by atoms with Crippen LogP contribution in [0.5, 0.6) is 0 Å². The molecule has 0 bridgehead atoms. The van der Waals surface area contributed by atoms with Gasteiger partial charge in [-0.05, 0) is 44.4 Å². The van der Waals surface area contributed by atoms with Crippen LogP contribution in [0.15, 0.2) is 59.5 Å². The van der Waals surface area contributed by atoms with Gasteiger partial charge in [-0.2, -0.15) is 0 Å². The van der Waals surface area contributed by atoms with E-state index in [-0.39, 0.29) is 23.5 Å². The van der Waals surface area contributed by atoms with Crippen LogP contribution in [0.4, 0.5) is 4.39 Å². The summed E-state index contributed by atoms with van der Waals surface area (Å²) in [7, 11) is 0. The van der Waals surface area contributed by atoms with E-state index in [9.17, 15) is 14.0 Å². The number of ether oxygens (including phenoxy) is 1. The van der Waals surface area contributed by atoms with Crippen LogP contribution < -0.4 is 5.32 Å². The van der Waals surface area contributed by atoms with Gasteiger partial charge in [-0.25, -0.2) is 4.39 Å². The van der Waals surface area contributed by atoms with Crippen molar-refractivity contribution in [3.05, 3.63) is 66.0 Å². The number of nitrogens with one attached hydrogen (secondary N) is 1. The molecule has 0 saturated carbocycles. The lowest BCUT2D eigenvalue weighted by Crippen LogP contribution is -2.41. The molecule has 4 nitrogen and oxygen atoms in total. The van der Waals surface area contributed by atoms with E-state index in [1.807, 2.05) is 37.3 Å². The van der Waals surface area contributed by atoms with Crippen molar-refractivity contribution < 1.29 is 18.7 Å². The molecule has 0 spiro atoms. The number of hydrogen-bond donors (Lipinski definition) is 1. The van der Waals surface area contributed by atoms with Crippen LogP contribution in [-0.2, 0) is 20.7 Å². The summed E-state index contributed by atoms with van der Waals surface area (Å²) in [6.07, 6.45) is 0.757. The molecular weight excluding hydrogens is 365 g/mol. The Balaban J connectivity index is 1.70. The summed E-state index contributed by atoms with van der Waals surface area (Å²) >= 11 is 1.05. The van der Waals surface area contributed by atoms with Crippen molar-refractivity contribution >= 4 is 23.6 Å². The first-order chi connectivity index (χ1) is 13.0. The number of carbonyl (C=O) groups is 2. The second-order valence-corrected chi connectivity index (χ2v) is 7.30. The molecule has 144 valence electrons. The van der Waals surface area contributed by atoms with Crippen LogP contribution >= 0.6 is 11.8 Å². The third-order valence-electron chi connectivity index (χ3n) is 3.96. The average molecular weight is 389 g/mol. The highest BCUT2D eigenvalue weighted by molar-refractivity contribution is 8.00. The topological polar surface area (TPSA) is 55.4 Å². The zero-order valence-corrected chi connectivity index (χ0v) is 16.3. The molecule has 0 aromatic heterocycles. The lowest BCUT2D eigenvalue weighted by Gasteiger charge is -2.18. The van der Waals surface area contributed by atoms with E-state index in [1.54, 1.807) is 18.2 Å². The molecular formula is C21H24FNO3S. The van der Waals surface area contributed by atoms with Crippen molar-refractivity contribution in [3.63, 3.8) is 0 Å². The summed E-state index contributed by atoms with van der Waals surface area (Å²) < 4.78 is 18.7. The number of thioether (sulfide) groups is 1. The van der Waals surface area contributed by atoms with E-state index in [0.29, 0.717) is 4.90 Å². The fraction of sp³-hybridized carbons (Fsp3) is 0.333. The maximum atomic E-state index is 13.5. The second kappa shape index (κ2) is 10.7. The van der Waals surface area contributed by atoms with Crippen LogP contribution in [0.2, 0.25) is 0 Å². The highest BCUT2D eigenvalue weighted by Gasteiger charge is 2.19. The number of rotatable bonds is 9. The molecule has 0 radical (unpaired) electrons. The van der Waals surface area contributed by atoms with Crippen LogP contribution in [0, 0.1) is 5.82 Å². The molecule has 2 aromatic carbocycles. The molecule has 0 saturated heterocycles. The number of amides is 1. The summed E-state index contributed by atoms with van der Waals surface area (Å²) in [4.78, 5) is 24.4. The molecule has 0 aliphatic carbocycles. The number of aryl methyl sites for hydroxylation is 1. The fourth-order valence-corrected chi connectivity index (χ4v) is 3.17. The minimum Gasteiger partial charge on any atom is -0.452 e. The number of carbonyl (C=O) groups excluding carboxylic acids is 2. The van der Waals surface area contributed by atoms with Crippen molar-refractivity contribution in [1.29, 1.82) is 0 Å². The maximum absolute atomic E-state index is 13.5. The van der Waals surface area contributed by atoms with Gasteiger partial charge >= 0.3 is 5.97 Å². The molecule has 6 heteroatoms. The Hall–Kier alpha value is -2.34. The van der Waals surface area contributed by atoms with Crippen molar-refractivity contribution in [2.45, 2.75) is 43.7 Å². The molecule has 1 amide bonds. The van der Waals surface area contributed by atoms with Crippen LogP contribution in [0.1, 0.15) is 25.8 Å². The van der Waals surface area contributed by atoms with Gasteiger partial charge in [-0.1, -0.05) is 42.5 Å². The minimum absolute atomic E-state index is 0.0355. The molecule has 0 aliphatic rings. The van der Waals surface area contributed by atoms with Gasteiger partial charge in [0.05, 0.1) is 5.75 Å². The van der Waals surface area contributed by atoms with Gasteiger partial charge in [-0.15, -0.1) is 11.8 Å². The molecule has 2 rings (SSSR count). The maximum Gasteiger partial charge on any atom is 0.317 e. The molecule has 2 aromatic rings. The van der Waals surface area contributed by atoms with Gasteiger partial charge < -0.3 is 10.1 Å². The van der Waals surface area contributed by atoms with Gasteiger partial charge in [-0.3, -0.25) is 9.59 Å². The first kappa shape index (κ1) is 21.0. The molecule has 0 heterocycles. The summed E-state index contributed by atoms with van der Waals surface area (Å²) in [6, 6.07) is 16.2. The van der Waals surface area contributed by atoms with E-state index >= 15 is 0 Å². The number of benzene rings is 2. The first-order valence-electron chi connectivity index (χ1n) is 8.87. The molecule has 27 heavy (non-hydrogen) atoms. The Bertz CT molecular complexity index is 754. The summed E-state index contributed by atoms with van der Waals surface area (Å²) in [5.74, 6) is -1.32. The van der Waals surface area contributed by atoms with Crippen molar-refractivity contribution in [2.24, 2.45) is 0 Å². The standard InChI is InChI=1S/C21H24FNO3S/c1-15(12-13-17-8-4-3-5-9-17)23-21(25)16(2)26-20(24)14-27-19-11-7-6-10-18(19)22/h3-11,15-16H,12-14H2,1-2H3,(H,23,25)/t15-,16-/m1/s1. The van der Waals surface area contributed by atoms with Crippen LogP contribution in [0.25, 0.3) is 0 Å². The van der Waals surface area contributed by atoms with Gasteiger partial charge in [0, 0.05) is 10.9 Å². The largest absolute Gasteiger partial charge is 0.452 e. The smallest absolute Gasteiger partial charge is 0.317 e. The Labute approximate surface area is 163 Å². The normalized spacial score (nSPS) is 12.9. The Morgan fingerprint density at radius 2 is 1.74 bits per heavy atom. The van der Waals surface area contributed by atoms with E-state index in [1.165, 1.54) is 18.6 Å². The van der Waals surface area contributed by atoms with Crippen LogP contribution in [0.3, 0.4) is 0 Å². The van der Waals surface area contributed by atoms with Gasteiger partial charge in [0.25, 0.3) is 5.91 Å². The first-order valence-corrected chi connectivity index (χ1v) is 9.85. The average Bonchev–Trinajstić information content (AvgIpc) is 2.66. The lowest BCUT2D eigenvalue weighted by molar-refractivity contribution is -0.152. The number of halogens is 1. The van der Waals surface area contributed by atoms with E-state index in [2.05, 4.69) is 5.32 Å². The Morgan fingerprint density at radius 1 is 1.07 bits per heavy atom. The van der Waals surface area contributed by atoms with Gasteiger partial charge in [0.2, 0.25) is 0 Å². The zero-order valence-electron chi connectivity index (χ0n) is 15.5. The summed E-state index contributed by atoms with van der Waals surface area (Å²) in [5.41, 5.74) is 1.21. The quantitative estimate of drug-likeness (QED) is 0.521. The second-order valence-electron chi connectivity index (χ2n) is 6.29. The Kier molecular flexibility index (Phi) is 8.33. The molecule has 0 fully saturated rings. The van der Waals surface area contributed by atoms with Gasteiger partial charge in [0.1, 0.15) is 5.82 Å². The summed E-state index contributed by atoms with van der Waals surface area (Å²) in [6.45, 7) is 3.45. The Morgan fingerprint density at radius 3 is 2.44 bits per heavy atom. The highest BCUT2D eigenvalue weighted by Crippen LogP contribution is 2.21. The monoisotopic (exact) mass is 389 g/mol. The van der Waals surface area contributed by atoms with Gasteiger partial charge in [0.15, 0.2) is 6.10 Å². The van der Waals surface area contributed by atoms with Crippen molar-refractivity contribution in [1.82, 2.24) is 5.32 Å². The van der Waals surface area contributed by atoms with E-state index < -0.39 is 12.1 Å². The molecule has 1 N–H and O–H groups in total. The predicted octanol–water partition coefficient (Wildman–Crippen LogP) is 3.99. The van der Waals surface area contributed by atoms with Crippen molar-refractivity contribution in [3.8, 4) is 0 Å². The SMILES string of the molecule is C[C@H](CCc1ccccc1)NC(=O)[C@@H](C)OC(=O)CSc1ccccc1F. The molecule has 2 atom stereocenters. The van der Waals surface area contributed by atoms with E-state index in [4.69, 9.17) is 4.74 Å². The predicted molar refractivity (Wildman–Crippen MR) is 105 cm³/mol. The fourth-order valence-electron chi connectivity index (χ4n) is 2.44. The highest BCUT2D eigenvalue weighted by atomic mass is 32.2. The number of esters is 1. The number of hydrogen-bond acceptors (Lipinski definition) is 4. The van der Waals surface area contributed by atoms with E-state index in [0.717, 1.165) is 24.6 Å². The minimum atomic E-state index is -0.891. The molecule has 0 aliphatic heterocycles. The third-order valence-corrected chi connectivity index (χ3v) is 4.98. The lowest BCUT2D eigenvalue weighted by atomic mass is 10.1. The molecule has 0 unspecified atom stereocenters. The van der Waals surface area contributed by atoms with Crippen LogP contribution in [-0.4, -0.2) is 29.8 Å².